The molecule has 11 nitrogen and oxygen atoms in total. The van der Waals surface area contributed by atoms with Crippen molar-refractivity contribution in [2.24, 2.45) is 62.4 Å². The SMILES string of the molecule is CC(=O)O[C@@H]1C[C@@]23COC[C@@](C)([C@@H]2CC[C@H]2C3=CC[C@@]3(C)[C@H](C(=O)O)[C@@](C)([C@H](C)C(C)C)CC[C@]23C)[C@H]1OC(=O)C(N)CCCCNC(=O)Nc1ccc(F)cc1. The molecule has 1 aromatic carbocycles. The molecule has 1 heterocycles. The summed E-state index contributed by atoms with van der Waals surface area (Å²) in [6, 6.07) is 4.15. The number of allylic oxidation sites excluding steroid dienone is 1. The molecule has 5 N–H and O–H groups in total. The quantitative estimate of drug-likeness (QED) is 0.0936. The zero-order valence-corrected chi connectivity index (χ0v) is 35.3. The molecule has 1 aliphatic heterocycles. The van der Waals surface area contributed by atoms with Crippen LogP contribution in [0.3, 0.4) is 0 Å². The Morgan fingerprint density at radius 1 is 0.982 bits per heavy atom. The van der Waals surface area contributed by atoms with E-state index in [1.807, 2.05) is 0 Å². The van der Waals surface area contributed by atoms with E-state index in [0.29, 0.717) is 63.5 Å². The first kappa shape index (κ1) is 43.1. The van der Waals surface area contributed by atoms with Gasteiger partial charge in [0.1, 0.15) is 24.1 Å². The lowest BCUT2D eigenvalue weighted by Gasteiger charge is -2.71. The predicted octanol–water partition coefficient (Wildman–Crippen LogP) is 7.88. The van der Waals surface area contributed by atoms with Gasteiger partial charge < -0.3 is 35.7 Å². The van der Waals surface area contributed by atoms with E-state index in [2.05, 4.69) is 65.2 Å². The average molecular weight is 796 g/mol. The lowest BCUT2D eigenvalue weighted by Crippen LogP contribution is -2.70. The molecular formula is C45H66FN3O8. The van der Waals surface area contributed by atoms with Crippen molar-refractivity contribution in [2.75, 3.05) is 25.1 Å². The van der Waals surface area contributed by atoms with Crippen LogP contribution in [0.25, 0.3) is 0 Å². The average Bonchev–Trinajstić information content (AvgIpc) is 3.13. The summed E-state index contributed by atoms with van der Waals surface area (Å²) in [7, 11) is 0. The summed E-state index contributed by atoms with van der Waals surface area (Å²) in [6.45, 7) is 18.1. The Bertz CT molecular complexity index is 1740. The van der Waals surface area contributed by atoms with Crippen molar-refractivity contribution < 1.29 is 42.9 Å². The first-order valence-corrected chi connectivity index (χ1v) is 21.2. The Hall–Kier alpha value is -3.51. The van der Waals surface area contributed by atoms with Gasteiger partial charge in [0.05, 0.1) is 19.1 Å². The number of fused-ring (bicyclic) bond motifs is 3. The third-order valence-electron chi connectivity index (χ3n) is 16.3. The van der Waals surface area contributed by atoms with E-state index in [9.17, 15) is 28.7 Å². The number of rotatable bonds is 12. The van der Waals surface area contributed by atoms with E-state index in [1.54, 1.807) is 0 Å². The summed E-state index contributed by atoms with van der Waals surface area (Å²) in [6.07, 6.45) is 7.00. The number of carbonyl (C=O) groups is 4. The molecule has 2 amide bonds. The molecule has 1 saturated heterocycles. The monoisotopic (exact) mass is 795 g/mol. The van der Waals surface area contributed by atoms with Crippen LogP contribution >= 0.6 is 0 Å². The Kier molecular flexibility index (Phi) is 12.0. The van der Waals surface area contributed by atoms with Crippen LogP contribution in [-0.4, -0.2) is 67.1 Å². The Morgan fingerprint density at radius 3 is 2.33 bits per heavy atom. The molecule has 5 aliphatic rings. The number of ether oxygens (including phenoxy) is 3. The standard InChI is InChI=1S/C45H66FN3O8/c1-26(2)27(3)41(5)20-21-43(7)31-16-17-35-42(6)24-55-25-45(35,32(31)18-19-44(43,8)36(41)38(51)52)23-34(56-28(4)50)37(42)57-39(53)33(47)11-9-10-22-48-40(54)49-30-14-12-29(46)13-15-30/h12-15,18,26-27,31,33-37H,9-11,16-17,19-25,47H2,1-8H3,(H,51,52)(H2,48,49,54)/t27-,31+,33?,34-,35+,36-,37+,41-,42+,43-,44+,45+/m1/s1. The zero-order valence-electron chi connectivity index (χ0n) is 35.3. The molecule has 0 spiro atoms. The van der Waals surface area contributed by atoms with Crippen molar-refractivity contribution in [3.8, 4) is 0 Å². The molecule has 0 radical (unpaired) electrons. The molecule has 1 unspecified atom stereocenters. The number of anilines is 1. The Balaban J connectivity index is 1.18. The zero-order chi connectivity index (χ0) is 41.7. The van der Waals surface area contributed by atoms with E-state index in [0.717, 1.165) is 25.7 Å². The molecule has 3 saturated carbocycles. The van der Waals surface area contributed by atoms with E-state index < -0.39 is 64.4 Å². The van der Waals surface area contributed by atoms with Crippen molar-refractivity contribution in [3.63, 3.8) is 0 Å². The number of halogens is 1. The van der Waals surface area contributed by atoms with Gasteiger partial charge in [-0.2, -0.15) is 0 Å². The summed E-state index contributed by atoms with van der Waals surface area (Å²) in [5.74, 6) is -1.76. The second kappa shape index (κ2) is 15.9. The first-order valence-electron chi connectivity index (χ1n) is 21.2. The van der Waals surface area contributed by atoms with Gasteiger partial charge in [0.15, 0.2) is 0 Å². The summed E-state index contributed by atoms with van der Waals surface area (Å²) < 4.78 is 32.1. The van der Waals surface area contributed by atoms with E-state index >= 15 is 0 Å². The third kappa shape index (κ3) is 7.40. The number of hydrogen-bond acceptors (Lipinski definition) is 8. The lowest BCUT2D eigenvalue weighted by atomic mass is 9.34. The van der Waals surface area contributed by atoms with Crippen LogP contribution < -0.4 is 16.4 Å². The number of nitrogens with one attached hydrogen (secondary N) is 2. The molecule has 316 valence electrons. The second-order valence-electron chi connectivity index (χ2n) is 19.5. The highest BCUT2D eigenvalue weighted by molar-refractivity contribution is 5.89. The van der Waals surface area contributed by atoms with Crippen LogP contribution in [0.2, 0.25) is 0 Å². The largest absolute Gasteiger partial charge is 0.481 e. The fourth-order valence-electron chi connectivity index (χ4n) is 12.8. The number of esters is 2. The molecular weight excluding hydrogens is 730 g/mol. The van der Waals surface area contributed by atoms with Gasteiger partial charge in [-0.25, -0.2) is 9.18 Å². The number of benzene rings is 1. The number of carbonyl (C=O) groups excluding carboxylic acids is 3. The number of unbranched alkanes of at least 4 members (excludes halogenated alkanes) is 1. The minimum atomic E-state index is -0.914. The highest BCUT2D eigenvalue weighted by Gasteiger charge is 2.72. The van der Waals surface area contributed by atoms with Crippen molar-refractivity contribution in [1.82, 2.24) is 5.32 Å². The summed E-state index contributed by atoms with van der Waals surface area (Å²) in [4.78, 5) is 52.1. The van der Waals surface area contributed by atoms with Gasteiger partial charge >= 0.3 is 23.9 Å². The normalized spacial score (nSPS) is 37.9. The molecule has 1 aromatic rings. The van der Waals surface area contributed by atoms with Crippen LogP contribution in [-0.2, 0) is 28.6 Å². The fraction of sp³-hybridized carbons (Fsp3) is 0.733. The second-order valence-corrected chi connectivity index (χ2v) is 19.5. The maximum Gasteiger partial charge on any atom is 0.323 e. The molecule has 6 rings (SSSR count). The highest BCUT2D eigenvalue weighted by Crippen LogP contribution is 2.75. The Labute approximate surface area is 337 Å². The predicted molar refractivity (Wildman–Crippen MR) is 214 cm³/mol. The van der Waals surface area contributed by atoms with Gasteiger partial charge in [-0.1, -0.05) is 60.1 Å². The molecule has 0 aromatic heterocycles. The number of nitrogens with two attached hydrogens (primary N) is 1. The number of urea groups is 1. The molecule has 4 fully saturated rings. The first-order chi connectivity index (χ1) is 26.7. The van der Waals surface area contributed by atoms with Gasteiger partial charge in [0.25, 0.3) is 0 Å². The summed E-state index contributed by atoms with van der Waals surface area (Å²) >= 11 is 0. The minimum Gasteiger partial charge on any atom is -0.481 e. The molecule has 12 atom stereocenters. The van der Waals surface area contributed by atoms with Gasteiger partial charge in [-0.05, 0) is 122 Å². The maximum atomic E-state index is 13.7. The lowest BCUT2D eigenvalue weighted by molar-refractivity contribution is -0.263. The van der Waals surface area contributed by atoms with Crippen molar-refractivity contribution >= 4 is 29.6 Å². The minimum absolute atomic E-state index is 0.0901. The number of amides is 2. The van der Waals surface area contributed by atoms with Crippen LogP contribution in [0.15, 0.2) is 35.9 Å². The number of carboxylic acid groups (broad SMARTS) is 1. The number of carboxylic acids is 1. The van der Waals surface area contributed by atoms with E-state index in [4.69, 9.17) is 19.9 Å². The maximum absolute atomic E-state index is 13.7. The number of aliphatic carboxylic acids is 1. The third-order valence-corrected chi connectivity index (χ3v) is 16.3. The van der Waals surface area contributed by atoms with Gasteiger partial charge in [0, 0.05) is 30.0 Å². The van der Waals surface area contributed by atoms with Crippen molar-refractivity contribution in [2.45, 2.75) is 131 Å². The van der Waals surface area contributed by atoms with Crippen molar-refractivity contribution in [3.05, 3.63) is 41.7 Å². The van der Waals surface area contributed by atoms with Crippen LogP contribution in [0.4, 0.5) is 14.9 Å². The van der Waals surface area contributed by atoms with Crippen LogP contribution in [0, 0.1) is 62.5 Å². The highest BCUT2D eigenvalue weighted by atomic mass is 19.1. The smallest absolute Gasteiger partial charge is 0.323 e. The molecule has 12 heteroatoms. The summed E-state index contributed by atoms with van der Waals surface area (Å²) in [5, 5.41) is 16.4. The fourth-order valence-corrected chi connectivity index (χ4v) is 12.8. The Morgan fingerprint density at radius 2 is 1.68 bits per heavy atom. The van der Waals surface area contributed by atoms with Gasteiger partial charge in [0.2, 0.25) is 0 Å². The summed E-state index contributed by atoms with van der Waals surface area (Å²) in [5.41, 5.74) is 6.01. The molecule has 4 aliphatic carbocycles. The van der Waals surface area contributed by atoms with E-state index in [1.165, 1.54) is 36.8 Å². The van der Waals surface area contributed by atoms with Crippen LogP contribution in [0.1, 0.15) is 113 Å². The van der Waals surface area contributed by atoms with Crippen molar-refractivity contribution in [1.29, 1.82) is 0 Å². The molecule has 57 heavy (non-hydrogen) atoms. The van der Waals surface area contributed by atoms with Gasteiger partial charge in [-0.3, -0.25) is 14.4 Å². The van der Waals surface area contributed by atoms with Gasteiger partial charge in [-0.15, -0.1) is 0 Å². The molecule has 2 bridgehead atoms. The van der Waals surface area contributed by atoms with Crippen LogP contribution in [0.5, 0.6) is 0 Å². The van der Waals surface area contributed by atoms with E-state index in [-0.39, 0.29) is 34.4 Å². The number of hydrogen-bond donors (Lipinski definition) is 4. The topological polar surface area (TPSA) is 166 Å².